The van der Waals surface area contributed by atoms with Gasteiger partial charge in [-0.2, -0.15) is 0 Å². The minimum absolute atomic E-state index is 0.0497. The molecule has 0 spiro atoms. The number of guanidine groups is 1. The van der Waals surface area contributed by atoms with Crippen LogP contribution in [-0.4, -0.2) is 30.7 Å². The second-order valence-corrected chi connectivity index (χ2v) is 4.91. The Hall–Kier alpha value is -3.10. The first kappa shape index (κ1) is 17.3. The molecule has 1 aliphatic rings. The number of carbonyl (C=O) groups is 1. The fourth-order valence-corrected chi connectivity index (χ4v) is 2.32. The normalized spacial score (nSPS) is 16.8. The fraction of sp³-hybridized carbons (Fsp3) is 0.333. The van der Waals surface area contributed by atoms with Crippen LogP contribution in [0, 0.1) is 10.1 Å². The number of hydrazine groups is 1. The van der Waals surface area contributed by atoms with Gasteiger partial charge in [-0.05, 0) is 31.5 Å². The number of esters is 1. The van der Waals surface area contributed by atoms with Gasteiger partial charge < -0.3 is 14.8 Å². The first-order valence-electron chi connectivity index (χ1n) is 7.24. The zero-order chi connectivity index (χ0) is 17.7. The van der Waals surface area contributed by atoms with E-state index in [0.717, 1.165) is 0 Å². The van der Waals surface area contributed by atoms with E-state index in [2.05, 4.69) is 10.3 Å². The van der Waals surface area contributed by atoms with Crippen molar-refractivity contribution in [2.45, 2.75) is 19.9 Å². The molecule has 0 aromatic heterocycles. The lowest BCUT2D eigenvalue weighted by molar-refractivity contribution is -0.525. The molecule has 1 atom stereocenters. The summed E-state index contributed by atoms with van der Waals surface area (Å²) >= 11 is 0. The number of carbonyl (C=O) groups excluding carboxylic acids is 1. The second kappa shape index (κ2) is 7.44. The van der Waals surface area contributed by atoms with E-state index in [1.54, 1.807) is 45.2 Å². The number of nitrogens with one attached hydrogen (secondary N) is 2. The highest BCUT2D eigenvalue weighted by Crippen LogP contribution is 2.32. The van der Waals surface area contributed by atoms with Crippen LogP contribution in [0.4, 0.5) is 0 Å². The van der Waals surface area contributed by atoms with Gasteiger partial charge in [0.2, 0.25) is 0 Å². The molecule has 1 aromatic rings. The number of nitrogens with zero attached hydrogens (tertiary/aromatic N) is 2. The Bertz CT molecular complexity index is 696. The van der Waals surface area contributed by atoms with Crippen LogP contribution in [0.15, 0.2) is 40.5 Å². The van der Waals surface area contributed by atoms with Gasteiger partial charge in [0.1, 0.15) is 11.8 Å². The average molecular weight is 334 g/mol. The molecule has 1 aliphatic heterocycles. The third-order valence-electron chi connectivity index (χ3n) is 3.37. The average Bonchev–Trinajstić information content (AvgIpc) is 2.54. The number of aliphatic imine (C=N–C) groups is 1. The maximum absolute atomic E-state index is 12.3. The lowest BCUT2D eigenvalue weighted by atomic mass is 9.96. The number of ether oxygens (including phenoxy) is 2. The van der Waals surface area contributed by atoms with Crippen molar-refractivity contribution in [1.82, 2.24) is 10.7 Å². The molecule has 0 amide bonds. The number of methoxy groups -OCH3 is 1. The highest BCUT2D eigenvalue weighted by molar-refractivity contribution is 5.95. The third kappa shape index (κ3) is 3.80. The molecule has 9 heteroatoms. The lowest BCUT2D eigenvalue weighted by Crippen LogP contribution is -2.43. The van der Waals surface area contributed by atoms with Gasteiger partial charge in [-0.15, -0.1) is 0 Å². The number of allylic oxidation sites excluding steroid dienone is 1. The van der Waals surface area contributed by atoms with E-state index in [1.807, 2.05) is 5.43 Å². The molecule has 0 saturated heterocycles. The number of hydrogen-bond donors (Lipinski definition) is 2. The van der Waals surface area contributed by atoms with Gasteiger partial charge in [0.25, 0.3) is 5.96 Å². The maximum Gasteiger partial charge on any atom is 0.338 e. The maximum atomic E-state index is 12.3. The van der Waals surface area contributed by atoms with Crippen molar-refractivity contribution < 1.29 is 19.3 Å². The van der Waals surface area contributed by atoms with E-state index >= 15 is 0 Å². The van der Waals surface area contributed by atoms with Crippen LogP contribution in [0.2, 0.25) is 0 Å². The standard InChI is InChI=1S/C15H18N4O5/c1-4-24-14(20)12-9(2)16-15(18-19(21)22)17-13(12)10-5-7-11(23-3)8-6-10/h5-8,13H,4H2,1-3H3,(H2,16,17,18). The Morgan fingerprint density at radius 3 is 2.62 bits per heavy atom. The van der Waals surface area contributed by atoms with Crippen molar-refractivity contribution >= 4 is 11.9 Å². The summed E-state index contributed by atoms with van der Waals surface area (Å²) in [6.07, 6.45) is 0. The van der Waals surface area contributed by atoms with Crippen molar-refractivity contribution in [1.29, 1.82) is 0 Å². The quantitative estimate of drug-likeness (QED) is 0.474. The number of benzene rings is 1. The van der Waals surface area contributed by atoms with E-state index in [0.29, 0.717) is 22.6 Å². The smallest absolute Gasteiger partial charge is 0.338 e. The zero-order valence-corrected chi connectivity index (χ0v) is 13.5. The summed E-state index contributed by atoms with van der Waals surface area (Å²) in [5.41, 5.74) is 3.40. The summed E-state index contributed by atoms with van der Waals surface area (Å²) in [6, 6.07) is 6.22. The molecular formula is C15H18N4O5. The van der Waals surface area contributed by atoms with Gasteiger partial charge >= 0.3 is 5.97 Å². The lowest BCUT2D eigenvalue weighted by Gasteiger charge is -2.24. The summed E-state index contributed by atoms with van der Waals surface area (Å²) in [6.45, 7) is 3.56. The topological polar surface area (TPSA) is 115 Å². The Balaban J connectivity index is 2.43. The van der Waals surface area contributed by atoms with E-state index in [-0.39, 0.29) is 12.6 Å². The number of nitro groups is 1. The Morgan fingerprint density at radius 2 is 2.08 bits per heavy atom. The van der Waals surface area contributed by atoms with Crippen LogP contribution in [0.5, 0.6) is 5.75 Å². The van der Waals surface area contributed by atoms with Crippen LogP contribution in [0.1, 0.15) is 25.5 Å². The monoisotopic (exact) mass is 334 g/mol. The van der Waals surface area contributed by atoms with E-state index in [1.165, 1.54) is 0 Å². The molecule has 2 N–H and O–H groups in total. The first-order valence-corrected chi connectivity index (χ1v) is 7.24. The minimum Gasteiger partial charge on any atom is -0.497 e. The Morgan fingerprint density at radius 1 is 1.42 bits per heavy atom. The molecule has 24 heavy (non-hydrogen) atoms. The molecule has 1 unspecified atom stereocenters. The van der Waals surface area contributed by atoms with Gasteiger partial charge in [-0.3, -0.25) is 0 Å². The molecule has 1 aromatic carbocycles. The van der Waals surface area contributed by atoms with E-state index in [9.17, 15) is 14.9 Å². The van der Waals surface area contributed by atoms with Crippen molar-refractivity contribution in [2.75, 3.05) is 13.7 Å². The molecule has 0 bridgehead atoms. The number of hydrogen-bond acceptors (Lipinski definition) is 7. The van der Waals surface area contributed by atoms with Gasteiger partial charge in [0.15, 0.2) is 5.03 Å². The van der Waals surface area contributed by atoms with Crippen LogP contribution < -0.4 is 15.5 Å². The van der Waals surface area contributed by atoms with Crippen molar-refractivity contribution in [2.24, 2.45) is 4.99 Å². The second-order valence-electron chi connectivity index (χ2n) is 4.91. The van der Waals surface area contributed by atoms with Crippen LogP contribution in [0.3, 0.4) is 0 Å². The van der Waals surface area contributed by atoms with E-state index in [4.69, 9.17) is 9.47 Å². The predicted octanol–water partition coefficient (Wildman–Crippen LogP) is 1.31. The summed E-state index contributed by atoms with van der Waals surface area (Å²) < 4.78 is 10.2. The predicted molar refractivity (Wildman–Crippen MR) is 85.8 cm³/mol. The van der Waals surface area contributed by atoms with Gasteiger partial charge in [-0.25, -0.2) is 19.9 Å². The molecule has 9 nitrogen and oxygen atoms in total. The summed E-state index contributed by atoms with van der Waals surface area (Å²) in [5, 5.41) is 12.7. The molecule has 0 fully saturated rings. The highest BCUT2D eigenvalue weighted by Gasteiger charge is 2.31. The summed E-state index contributed by atoms with van der Waals surface area (Å²) in [7, 11) is 1.55. The summed E-state index contributed by atoms with van der Waals surface area (Å²) in [5.74, 6) is 0.0808. The highest BCUT2D eigenvalue weighted by atomic mass is 16.7. The molecule has 1 heterocycles. The van der Waals surface area contributed by atoms with Crippen molar-refractivity contribution in [3.05, 3.63) is 51.2 Å². The SMILES string of the molecule is CCOC(=O)C1=C(C)NC(N[N+](=O)[O-])=NC1c1ccc(OC)cc1. The van der Waals surface area contributed by atoms with Gasteiger partial charge in [0.05, 0.1) is 19.3 Å². The minimum atomic E-state index is -0.723. The molecular weight excluding hydrogens is 316 g/mol. The van der Waals surface area contributed by atoms with Crippen molar-refractivity contribution in [3.63, 3.8) is 0 Å². The Labute approximate surface area is 138 Å². The largest absolute Gasteiger partial charge is 0.497 e. The van der Waals surface area contributed by atoms with Crippen LogP contribution in [-0.2, 0) is 9.53 Å². The van der Waals surface area contributed by atoms with Crippen LogP contribution >= 0.6 is 0 Å². The third-order valence-corrected chi connectivity index (χ3v) is 3.37. The molecule has 0 saturated carbocycles. The number of rotatable bonds is 5. The summed E-state index contributed by atoms with van der Waals surface area (Å²) in [4.78, 5) is 27.2. The van der Waals surface area contributed by atoms with Gasteiger partial charge in [-0.1, -0.05) is 17.6 Å². The molecule has 0 radical (unpaired) electrons. The fourth-order valence-electron chi connectivity index (χ4n) is 2.32. The first-order chi connectivity index (χ1) is 11.5. The molecule has 0 aliphatic carbocycles. The Kier molecular flexibility index (Phi) is 5.35. The van der Waals surface area contributed by atoms with Crippen molar-refractivity contribution in [3.8, 4) is 5.75 Å². The molecule has 128 valence electrons. The van der Waals surface area contributed by atoms with Crippen LogP contribution in [0.25, 0.3) is 0 Å². The van der Waals surface area contributed by atoms with Gasteiger partial charge in [0, 0.05) is 5.70 Å². The zero-order valence-electron chi connectivity index (χ0n) is 13.5. The van der Waals surface area contributed by atoms with E-state index < -0.39 is 17.0 Å². The molecule has 2 rings (SSSR count).